The fraction of sp³-hybridized carbons (Fsp3) is 0.133. The first-order chi connectivity index (χ1) is 8.56. The maximum atomic E-state index is 12.9. The van der Waals surface area contributed by atoms with Crippen LogP contribution in [0.4, 0.5) is 4.39 Å². The van der Waals surface area contributed by atoms with Crippen molar-refractivity contribution in [1.29, 1.82) is 0 Å². The van der Waals surface area contributed by atoms with Gasteiger partial charge in [-0.3, -0.25) is 4.79 Å². The van der Waals surface area contributed by atoms with E-state index in [1.807, 2.05) is 0 Å². The molecule has 2 nitrogen and oxygen atoms in total. The van der Waals surface area contributed by atoms with Crippen LogP contribution in [-0.4, -0.2) is 10.9 Å². The molecule has 1 N–H and O–H groups in total. The molecule has 0 spiro atoms. The number of carbonyl (C=O) groups is 1. The van der Waals surface area contributed by atoms with E-state index in [1.165, 1.54) is 18.2 Å². The Balaban J connectivity index is 2.19. The Kier molecular flexibility index (Phi) is 3.42. The Bertz CT molecular complexity index is 574. The van der Waals surface area contributed by atoms with E-state index < -0.39 is 0 Å². The molecule has 0 radical (unpaired) electrons. The minimum atomic E-state index is -0.339. The largest absolute Gasteiger partial charge is 0.508 e. The molecular weight excluding hydrogens is 231 g/mol. The molecule has 0 aliphatic carbocycles. The smallest absolute Gasteiger partial charge is 0.167 e. The Morgan fingerprint density at radius 2 is 1.83 bits per heavy atom. The van der Waals surface area contributed by atoms with Crippen molar-refractivity contribution in [2.75, 3.05) is 0 Å². The van der Waals surface area contributed by atoms with Crippen LogP contribution in [0, 0.1) is 12.7 Å². The third-order valence-electron chi connectivity index (χ3n) is 2.79. The molecule has 0 amide bonds. The van der Waals surface area contributed by atoms with Crippen molar-refractivity contribution in [3.05, 3.63) is 65.0 Å². The lowest BCUT2D eigenvalue weighted by molar-refractivity contribution is 0.0992. The first kappa shape index (κ1) is 12.3. The van der Waals surface area contributed by atoms with Crippen LogP contribution in [0.5, 0.6) is 5.75 Å². The molecule has 3 heteroatoms. The Morgan fingerprint density at radius 1 is 1.17 bits per heavy atom. The van der Waals surface area contributed by atoms with E-state index in [-0.39, 0.29) is 23.8 Å². The highest BCUT2D eigenvalue weighted by Crippen LogP contribution is 2.15. The van der Waals surface area contributed by atoms with Crippen molar-refractivity contribution in [2.45, 2.75) is 13.3 Å². The molecule has 0 saturated heterocycles. The minimum absolute atomic E-state index is 0.0572. The predicted molar refractivity (Wildman–Crippen MR) is 67.3 cm³/mol. The van der Waals surface area contributed by atoms with Gasteiger partial charge >= 0.3 is 0 Å². The number of phenols is 1. The van der Waals surface area contributed by atoms with E-state index in [9.17, 15) is 9.18 Å². The van der Waals surface area contributed by atoms with Crippen LogP contribution in [0.2, 0.25) is 0 Å². The molecule has 0 aliphatic rings. The molecule has 92 valence electrons. The van der Waals surface area contributed by atoms with E-state index in [0.717, 1.165) is 5.56 Å². The zero-order valence-electron chi connectivity index (χ0n) is 9.98. The highest BCUT2D eigenvalue weighted by molar-refractivity contribution is 5.98. The van der Waals surface area contributed by atoms with E-state index in [1.54, 1.807) is 31.2 Å². The average molecular weight is 244 g/mol. The minimum Gasteiger partial charge on any atom is -0.508 e. The van der Waals surface area contributed by atoms with Crippen LogP contribution in [0.1, 0.15) is 21.5 Å². The molecule has 2 aromatic rings. The molecule has 2 aromatic carbocycles. The van der Waals surface area contributed by atoms with Gasteiger partial charge < -0.3 is 5.11 Å². The fourth-order valence-corrected chi connectivity index (χ4v) is 1.83. The summed E-state index contributed by atoms with van der Waals surface area (Å²) >= 11 is 0. The first-order valence-corrected chi connectivity index (χ1v) is 5.63. The standard InChI is InChI=1S/C15H13FO2/c1-10-8-12(16)4-7-14(10)15(18)9-11-2-5-13(17)6-3-11/h2-8,17H,9H2,1H3. The molecule has 2 rings (SSSR count). The van der Waals surface area contributed by atoms with Crippen molar-refractivity contribution >= 4 is 5.78 Å². The lowest BCUT2D eigenvalue weighted by Crippen LogP contribution is -2.05. The third kappa shape index (κ3) is 2.74. The summed E-state index contributed by atoms with van der Waals surface area (Å²) < 4.78 is 12.9. The summed E-state index contributed by atoms with van der Waals surface area (Å²) in [5.74, 6) is -0.226. The summed E-state index contributed by atoms with van der Waals surface area (Å²) in [6.07, 6.45) is 0.243. The number of aryl methyl sites for hydroxylation is 1. The maximum Gasteiger partial charge on any atom is 0.167 e. The highest BCUT2D eigenvalue weighted by atomic mass is 19.1. The van der Waals surface area contributed by atoms with Gasteiger partial charge in [0.25, 0.3) is 0 Å². The molecule has 18 heavy (non-hydrogen) atoms. The van der Waals surface area contributed by atoms with E-state index in [2.05, 4.69) is 0 Å². The SMILES string of the molecule is Cc1cc(F)ccc1C(=O)Cc1ccc(O)cc1. The number of phenolic OH excluding ortho intramolecular Hbond substituents is 1. The van der Waals surface area contributed by atoms with Crippen LogP contribution < -0.4 is 0 Å². The molecule has 0 aromatic heterocycles. The number of hydrogen-bond donors (Lipinski definition) is 1. The van der Waals surface area contributed by atoms with Crippen LogP contribution >= 0.6 is 0 Å². The normalized spacial score (nSPS) is 10.3. The van der Waals surface area contributed by atoms with E-state index in [0.29, 0.717) is 11.1 Å². The van der Waals surface area contributed by atoms with E-state index >= 15 is 0 Å². The van der Waals surface area contributed by atoms with Gasteiger partial charge in [-0.05, 0) is 48.4 Å². The summed E-state index contributed by atoms with van der Waals surface area (Å²) in [5.41, 5.74) is 1.99. The number of aromatic hydroxyl groups is 1. The molecule has 0 atom stereocenters. The van der Waals surface area contributed by atoms with Crippen molar-refractivity contribution < 1.29 is 14.3 Å². The molecular formula is C15H13FO2. The second kappa shape index (κ2) is 5.00. The summed E-state index contributed by atoms with van der Waals surface area (Å²) in [4.78, 5) is 12.0. The second-order valence-corrected chi connectivity index (χ2v) is 4.23. The number of benzene rings is 2. The predicted octanol–water partition coefficient (Wildman–Crippen LogP) is 3.27. The lowest BCUT2D eigenvalue weighted by Gasteiger charge is -2.05. The van der Waals surface area contributed by atoms with Crippen molar-refractivity contribution in [1.82, 2.24) is 0 Å². The van der Waals surface area contributed by atoms with E-state index in [4.69, 9.17) is 5.11 Å². The maximum absolute atomic E-state index is 12.9. The van der Waals surface area contributed by atoms with Gasteiger partial charge in [-0.25, -0.2) is 4.39 Å². The summed E-state index contributed by atoms with van der Waals surface area (Å²) in [6.45, 7) is 1.72. The number of halogens is 1. The van der Waals surface area contributed by atoms with Crippen LogP contribution in [0.15, 0.2) is 42.5 Å². The van der Waals surface area contributed by atoms with Crippen LogP contribution in [0.3, 0.4) is 0 Å². The first-order valence-electron chi connectivity index (χ1n) is 5.63. The van der Waals surface area contributed by atoms with Crippen molar-refractivity contribution in [3.8, 4) is 5.75 Å². The average Bonchev–Trinajstić information content (AvgIpc) is 2.32. The quantitative estimate of drug-likeness (QED) is 0.841. The summed E-state index contributed by atoms with van der Waals surface area (Å²) in [7, 11) is 0. The van der Waals surface area contributed by atoms with Gasteiger partial charge in [0.1, 0.15) is 11.6 Å². The summed E-state index contributed by atoms with van der Waals surface area (Å²) in [5, 5.41) is 9.16. The number of hydrogen-bond acceptors (Lipinski definition) is 2. The topological polar surface area (TPSA) is 37.3 Å². The molecule has 0 fully saturated rings. The monoisotopic (exact) mass is 244 g/mol. The van der Waals surface area contributed by atoms with Gasteiger partial charge in [0.05, 0.1) is 0 Å². The van der Waals surface area contributed by atoms with Crippen molar-refractivity contribution in [3.63, 3.8) is 0 Å². The van der Waals surface area contributed by atoms with Gasteiger partial charge in [0.2, 0.25) is 0 Å². The molecule has 0 heterocycles. The molecule has 0 bridgehead atoms. The second-order valence-electron chi connectivity index (χ2n) is 4.23. The molecule has 0 unspecified atom stereocenters. The Hall–Kier alpha value is -2.16. The molecule has 0 saturated carbocycles. The summed E-state index contributed by atoms with van der Waals surface area (Å²) in [6, 6.07) is 10.6. The van der Waals surface area contributed by atoms with Gasteiger partial charge in [0, 0.05) is 12.0 Å². The lowest BCUT2D eigenvalue weighted by atomic mass is 9.99. The number of rotatable bonds is 3. The highest BCUT2D eigenvalue weighted by Gasteiger charge is 2.10. The van der Waals surface area contributed by atoms with Crippen molar-refractivity contribution in [2.24, 2.45) is 0 Å². The van der Waals surface area contributed by atoms with Crippen LogP contribution in [-0.2, 0) is 6.42 Å². The van der Waals surface area contributed by atoms with Gasteiger partial charge in [0.15, 0.2) is 5.78 Å². The number of Topliss-reactive ketones (excluding diaryl/α,β-unsaturated/α-hetero) is 1. The zero-order chi connectivity index (χ0) is 13.1. The Morgan fingerprint density at radius 3 is 2.44 bits per heavy atom. The third-order valence-corrected chi connectivity index (χ3v) is 2.79. The van der Waals surface area contributed by atoms with Gasteiger partial charge in [-0.15, -0.1) is 0 Å². The number of carbonyl (C=O) groups excluding carboxylic acids is 1. The Labute approximate surface area is 105 Å². The number of ketones is 1. The van der Waals surface area contributed by atoms with Crippen LogP contribution in [0.25, 0.3) is 0 Å². The zero-order valence-corrected chi connectivity index (χ0v) is 9.98. The van der Waals surface area contributed by atoms with Gasteiger partial charge in [-0.2, -0.15) is 0 Å². The molecule has 0 aliphatic heterocycles. The fourth-order valence-electron chi connectivity index (χ4n) is 1.83. The van der Waals surface area contributed by atoms with Gasteiger partial charge in [-0.1, -0.05) is 12.1 Å².